The third-order valence-electron chi connectivity index (χ3n) is 2.23. The Morgan fingerprint density at radius 3 is 1.35 bits per heavy atom. The molecule has 2 aromatic carbocycles. The topological polar surface area (TPSA) is 20.2 Å². The highest BCUT2D eigenvalue weighted by atomic mass is 32.1. The van der Waals surface area contributed by atoms with Crippen LogP contribution in [0.1, 0.15) is 38.8 Å². The molecule has 2 aromatic rings. The van der Waals surface area contributed by atoms with Gasteiger partial charge in [0.1, 0.15) is 5.75 Å². The summed E-state index contributed by atoms with van der Waals surface area (Å²) in [4.78, 5) is 1.06. The smallest absolute Gasteiger partial charge is 0.118 e. The normalized spacial score (nSPS) is 7.95. The first-order chi connectivity index (χ1) is 9.61. The van der Waals surface area contributed by atoms with Crippen molar-refractivity contribution in [2.45, 2.75) is 46.4 Å². The maximum absolute atomic E-state index is 8.92. The van der Waals surface area contributed by atoms with Gasteiger partial charge in [-0.2, -0.15) is 0 Å². The van der Waals surface area contributed by atoms with Crippen molar-refractivity contribution in [2.75, 3.05) is 0 Å². The second-order valence-electron chi connectivity index (χ2n) is 3.57. The number of hydrogen-bond acceptors (Lipinski definition) is 2. The van der Waals surface area contributed by atoms with Crippen LogP contribution >= 0.6 is 12.6 Å². The Bertz CT molecular complexity index is 367. The maximum Gasteiger partial charge on any atom is 0.118 e. The van der Waals surface area contributed by atoms with Crippen molar-refractivity contribution >= 4 is 12.6 Å². The average Bonchev–Trinajstić information content (AvgIpc) is 2.50. The van der Waals surface area contributed by atoms with E-state index in [2.05, 4.69) is 12.6 Å². The molecular weight excluding hydrogens is 264 g/mol. The predicted octanol–water partition coefficient (Wildman–Crippen LogP) is 6.04. The highest BCUT2D eigenvalue weighted by Crippen LogP contribution is 2.12. The number of aryl methyl sites for hydroxylation is 2. The average molecular weight is 292 g/mol. The zero-order chi connectivity index (χ0) is 16.0. The molecule has 0 fully saturated rings. The Labute approximate surface area is 130 Å². The van der Waals surface area contributed by atoms with Crippen molar-refractivity contribution in [1.29, 1.82) is 0 Å². The monoisotopic (exact) mass is 292 g/mol. The van der Waals surface area contributed by atoms with Crippen molar-refractivity contribution in [2.24, 2.45) is 0 Å². The molecule has 2 heteroatoms. The second-order valence-corrected chi connectivity index (χ2v) is 4.05. The lowest BCUT2D eigenvalue weighted by molar-refractivity contribution is 0.471. The minimum absolute atomic E-state index is 0.368. The van der Waals surface area contributed by atoms with Gasteiger partial charge in [0.05, 0.1) is 0 Å². The minimum Gasteiger partial charge on any atom is -0.508 e. The largest absolute Gasteiger partial charge is 0.508 e. The first-order valence-electron chi connectivity index (χ1n) is 7.10. The van der Waals surface area contributed by atoms with Gasteiger partial charge in [-0.25, -0.2) is 0 Å². The molecule has 0 atom stereocenters. The Morgan fingerprint density at radius 2 is 1.10 bits per heavy atom. The first kappa shape index (κ1) is 20.9. The van der Waals surface area contributed by atoms with E-state index in [4.69, 9.17) is 5.11 Å². The molecule has 0 spiro atoms. The van der Waals surface area contributed by atoms with Crippen LogP contribution in [0.2, 0.25) is 0 Å². The summed E-state index contributed by atoms with van der Waals surface area (Å²) in [6.45, 7) is 11.9. The lowest BCUT2D eigenvalue weighted by Gasteiger charge is -1.92. The number of phenols is 1. The van der Waals surface area contributed by atoms with Crippen molar-refractivity contribution in [3.05, 3.63) is 59.7 Å². The van der Waals surface area contributed by atoms with E-state index in [0.29, 0.717) is 5.75 Å². The summed E-state index contributed by atoms with van der Waals surface area (Å²) in [5, 5.41) is 8.92. The molecule has 0 saturated heterocycles. The van der Waals surface area contributed by atoms with Gasteiger partial charge in [-0.1, -0.05) is 64.1 Å². The van der Waals surface area contributed by atoms with Crippen LogP contribution in [0.4, 0.5) is 0 Å². The lowest BCUT2D eigenvalue weighted by atomic mass is 10.2. The molecule has 1 nitrogen and oxygen atoms in total. The van der Waals surface area contributed by atoms with Crippen LogP contribution in [0.5, 0.6) is 5.75 Å². The molecule has 0 bridgehead atoms. The molecule has 0 unspecified atom stereocenters. The number of thiol groups is 1. The zero-order valence-electron chi connectivity index (χ0n) is 13.5. The molecule has 0 amide bonds. The number of benzene rings is 2. The van der Waals surface area contributed by atoms with Crippen LogP contribution in [0.3, 0.4) is 0 Å². The highest BCUT2D eigenvalue weighted by molar-refractivity contribution is 7.80. The van der Waals surface area contributed by atoms with Crippen LogP contribution in [0.15, 0.2) is 53.4 Å². The fraction of sp³-hybridized carbons (Fsp3) is 0.333. The first-order valence-corrected chi connectivity index (χ1v) is 7.55. The van der Waals surface area contributed by atoms with Gasteiger partial charge in [0.2, 0.25) is 0 Å². The Hall–Kier alpha value is -1.41. The quantitative estimate of drug-likeness (QED) is 0.567. The standard InChI is InChI=1S/C7H8O.C7H8S.2C2H6/c2*1-6-4-2-3-5-7(6)8;2*1-2/h2*2-5,8H,1H3;2*1-2H3. The molecule has 0 aliphatic carbocycles. The molecule has 2 rings (SSSR count). The van der Waals surface area contributed by atoms with E-state index in [1.165, 1.54) is 5.56 Å². The fourth-order valence-corrected chi connectivity index (χ4v) is 1.29. The summed E-state index contributed by atoms with van der Waals surface area (Å²) in [6, 6.07) is 15.3. The SMILES string of the molecule is CC.CC.Cc1ccccc1O.Cc1ccccc1S. The number of para-hydroxylation sites is 1. The molecule has 0 heterocycles. The summed E-state index contributed by atoms with van der Waals surface area (Å²) in [5.74, 6) is 0.368. The van der Waals surface area contributed by atoms with Crippen molar-refractivity contribution in [1.82, 2.24) is 0 Å². The second kappa shape index (κ2) is 14.0. The third kappa shape index (κ3) is 9.51. The van der Waals surface area contributed by atoms with E-state index in [1.807, 2.05) is 84.0 Å². The van der Waals surface area contributed by atoms with Gasteiger partial charge in [0.15, 0.2) is 0 Å². The summed E-state index contributed by atoms with van der Waals surface area (Å²) in [6.07, 6.45) is 0. The lowest BCUT2D eigenvalue weighted by Crippen LogP contribution is -1.70. The summed E-state index contributed by atoms with van der Waals surface area (Å²) >= 11 is 4.20. The highest BCUT2D eigenvalue weighted by Gasteiger charge is 1.87. The van der Waals surface area contributed by atoms with Gasteiger partial charge in [-0.15, -0.1) is 12.6 Å². The van der Waals surface area contributed by atoms with Crippen molar-refractivity contribution < 1.29 is 5.11 Å². The minimum atomic E-state index is 0.368. The molecule has 20 heavy (non-hydrogen) atoms. The van der Waals surface area contributed by atoms with Gasteiger partial charge in [0, 0.05) is 4.90 Å². The number of phenolic OH excluding ortho intramolecular Hbond substituents is 1. The molecule has 0 radical (unpaired) electrons. The molecule has 0 aliphatic heterocycles. The Morgan fingerprint density at radius 1 is 0.700 bits per heavy atom. The van der Waals surface area contributed by atoms with E-state index in [1.54, 1.807) is 6.07 Å². The van der Waals surface area contributed by atoms with E-state index in [0.717, 1.165) is 10.5 Å². The number of hydrogen-bond donors (Lipinski definition) is 2. The van der Waals surface area contributed by atoms with E-state index in [-0.39, 0.29) is 0 Å². The van der Waals surface area contributed by atoms with Gasteiger partial charge in [0.25, 0.3) is 0 Å². The number of rotatable bonds is 0. The summed E-state index contributed by atoms with van der Waals surface area (Å²) in [7, 11) is 0. The van der Waals surface area contributed by atoms with Crippen molar-refractivity contribution in [3.8, 4) is 5.75 Å². The number of aromatic hydroxyl groups is 1. The Balaban J connectivity index is 0. The summed E-state index contributed by atoms with van der Waals surface area (Å²) < 4.78 is 0. The molecule has 0 aliphatic rings. The molecule has 0 aromatic heterocycles. The molecular formula is C18H28OS. The maximum atomic E-state index is 8.92. The van der Waals surface area contributed by atoms with Gasteiger partial charge < -0.3 is 5.11 Å². The van der Waals surface area contributed by atoms with Crippen LogP contribution in [-0.2, 0) is 0 Å². The zero-order valence-corrected chi connectivity index (χ0v) is 14.4. The van der Waals surface area contributed by atoms with E-state index >= 15 is 0 Å². The van der Waals surface area contributed by atoms with Crippen LogP contribution < -0.4 is 0 Å². The van der Waals surface area contributed by atoms with Crippen molar-refractivity contribution in [3.63, 3.8) is 0 Å². The third-order valence-corrected chi connectivity index (χ3v) is 2.73. The molecule has 112 valence electrons. The van der Waals surface area contributed by atoms with Gasteiger partial charge in [-0.05, 0) is 37.1 Å². The fourth-order valence-electron chi connectivity index (χ4n) is 1.13. The van der Waals surface area contributed by atoms with E-state index in [9.17, 15) is 0 Å². The molecule has 0 saturated carbocycles. The molecule has 1 N–H and O–H groups in total. The van der Waals surface area contributed by atoms with Gasteiger partial charge >= 0.3 is 0 Å². The van der Waals surface area contributed by atoms with Crippen LogP contribution in [0, 0.1) is 13.8 Å². The summed E-state index contributed by atoms with van der Waals surface area (Å²) in [5.41, 5.74) is 2.16. The van der Waals surface area contributed by atoms with Crippen LogP contribution in [-0.4, -0.2) is 5.11 Å². The van der Waals surface area contributed by atoms with E-state index < -0.39 is 0 Å². The van der Waals surface area contributed by atoms with Gasteiger partial charge in [-0.3, -0.25) is 0 Å². The van der Waals surface area contributed by atoms with Crippen LogP contribution in [0.25, 0.3) is 0 Å². The Kier molecular flexibility index (Phi) is 14.6. The predicted molar refractivity (Wildman–Crippen MR) is 94.0 cm³/mol.